The van der Waals surface area contributed by atoms with Crippen LogP contribution in [-0.4, -0.2) is 37.6 Å². The van der Waals surface area contributed by atoms with E-state index in [1.54, 1.807) is 71.7 Å². The fraction of sp³-hybridized carbons (Fsp3) is 0.115. The van der Waals surface area contributed by atoms with Crippen LogP contribution in [0.15, 0.2) is 67.0 Å². The van der Waals surface area contributed by atoms with Crippen LogP contribution in [0, 0.1) is 6.92 Å². The molecular weight excluding hydrogens is 458 g/mol. The molecule has 4 aromatic rings. The molecule has 4 N–H and O–H groups in total. The van der Waals surface area contributed by atoms with Gasteiger partial charge in [-0.1, -0.05) is 12.1 Å². The molecule has 10 nitrogen and oxygen atoms in total. The van der Waals surface area contributed by atoms with E-state index in [-0.39, 0.29) is 17.6 Å². The number of anilines is 3. The van der Waals surface area contributed by atoms with Gasteiger partial charge in [0.05, 0.1) is 11.3 Å². The van der Waals surface area contributed by atoms with Gasteiger partial charge in [-0.2, -0.15) is 10.2 Å². The van der Waals surface area contributed by atoms with E-state index in [0.29, 0.717) is 51.7 Å². The summed E-state index contributed by atoms with van der Waals surface area (Å²) in [4.78, 5) is 38.6. The van der Waals surface area contributed by atoms with Gasteiger partial charge in [-0.25, -0.2) is 0 Å². The molecule has 0 spiro atoms. The second-order valence-corrected chi connectivity index (χ2v) is 8.23. The molecule has 0 aliphatic carbocycles. The fourth-order valence-electron chi connectivity index (χ4n) is 4.03. The summed E-state index contributed by atoms with van der Waals surface area (Å²) in [7, 11) is 0. The summed E-state index contributed by atoms with van der Waals surface area (Å²) in [5, 5.41) is 19.6. The Hall–Kier alpha value is -4.99. The molecule has 0 bridgehead atoms. The zero-order valence-corrected chi connectivity index (χ0v) is 19.6. The maximum absolute atomic E-state index is 13.3. The van der Waals surface area contributed by atoms with Gasteiger partial charge in [-0.15, -0.1) is 0 Å². The van der Waals surface area contributed by atoms with E-state index in [0.717, 1.165) is 5.69 Å². The number of amides is 2. The Balaban J connectivity index is 1.38. The molecule has 0 fully saturated rings. The smallest absolute Gasteiger partial charge is 0.273 e. The lowest BCUT2D eigenvalue weighted by Crippen LogP contribution is -2.17. The molecule has 180 valence electrons. The van der Waals surface area contributed by atoms with Gasteiger partial charge in [0.2, 0.25) is 0 Å². The number of aromatic nitrogens is 4. The first-order valence-electron chi connectivity index (χ1n) is 11.4. The quantitative estimate of drug-likeness (QED) is 0.234. The minimum absolute atomic E-state index is 0.234. The van der Waals surface area contributed by atoms with Crippen LogP contribution in [0.4, 0.5) is 17.2 Å². The van der Waals surface area contributed by atoms with Crippen LogP contribution in [0.25, 0.3) is 5.57 Å². The highest BCUT2D eigenvalue weighted by atomic mass is 16.2. The predicted octanol–water partition coefficient (Wildman–Crippen LogP) is 3.82. The van der Waals surface area contributed by atoms with Crippen molar-refractivity contribution in [1.29, 1.82) is 0 Å². The molecule has 2 aromatic carbocycles. The highest BCUT2D eigenvalue weighted by molar-refractivity contribution is 6.32. The van der Waals surface area contributed by atoms with Gasteiger partial charge in [-0.3, -0.25) is 24.2 Å². The average molecular weight is 482 g/mol. The zero-order valence-electron chi connectivity index (χ0n) is 19.6. The molecular formula is C26H23N7O3. The van der Waals surface area contributed by atoms with Gasteiger partial charge in [0, 0.05) is 53.1 Å². The van der Waals surface area contributed by atoms with Crippen LogP contribution in [0.5, 0.6) is 0 Å². The molecule has 0 atom stereocenters. The lowest BCUT2D eigenvalue weighted by molar-refractivity contribution is -0.110. The third-order valence-electron chi connectivity index (χ3n) is 5.75. The number of benzene rings is 2. The van der Waals surface area contributed by atoms with Crippen molar-refractivity contribution in [1.82, 2.24) is 20.0 Å². The number of nitrogens with one attached hydrogen (secondary N) is 4. The maximum atomic E-state index is 13.3. The molecule has 36 heavy (non-hydrogen) atoms. The third kappa shape index (κ3) is 4.39. The van der Waals surface area contributed by atoms with Gasteiger partial charge in [0.15, 0.2) is 11.6 Å². The molecule has 1 aliphatic rings. The first kappa shape index (κ1) is 22.8. The normalized spacial score (nSPS) is 13.4. The highest BCUT2D eigenvalue weighted by Crippen LogP contribution is 2.33. The minimum Gasteiger partial charge on any atom is -0.344 e. The Morgan fingerprint density at radius 3 is 2.69 bits per heavy atom. The molecule has 10 heteroatoms. The van der Waals surface area contributed by atoms with Crippen LogP contribution in [0.1, 0.15) is 44.6 Å². The highest BCUT2D eigenvalue weighted by Gasteiger charge is 2.26. The zero-order chi connectivity index (χ0) is 25.2. The van der Waals surface area contributed by atoms with Crippen LogP contribution in [-0.2, 0) is 11.3 Å². The fourth-order valence-corrected chi connectivity index (χ4v) is 4.03. The predicted molar refractivity (Wildman–Crippen MR) is 136 cm³/mol. The number of H-pyrrole nitrogens is 1. The molecule has 0 saturated carbocycles. The summed E-state index contributed by atoms with van der Waals surface area (Å²) in [6, 6.07) is 15.3. The standard InChI is InChI=1S/C26H23N7O3/c1-3-33-22(11-15(2)32-33)26(36)29-18-6-4-5-16(12-18)24(34)17-7-8-21-19(13-17)20(25(35)30-21)14-27-23-9-10-28-31-23/h4-14H,3H2,1-2H3,(H,29,36)(H,30,35)(H2,27,28,31)/b20-14-. The van der Waals surface area contributed by atoms with Crippen molar-refractivity contribution in [3.63, 3.8) is 0 Å². The lowest BCUT2D eigenvalue weighted by atomic mass is 9.98. The largest absolute Gasteiger partial charge is 0.344 e. The van der Waals surface area contributed by atoms with E-state index in [1.807, 2.05) is 13.8 Å². The number of ketones is 1. The van der Waals surface area contributed by atoms with Gasteiger partial charge < -0.3 is 16.0 Å². The molecule has 0 unspecified atom stereocenters. The number of rotatable bonds is 7. The summed E-state index contributed by atoms with van der Waals surface area (Å²) in [5.41, 5.74) is 4.15. The van der Waals surface area contributed by atoms with Gasteiger partial charge in [-0.05, 0) is 50.2 Å². The molecule has 5 rings (SSSR count). The summed E-state index contributed by atoms with van der Waals surface area (Å²) in [6.45, 7) is 4.31. The second-order valence-electron chi connectivity index (χ2n) is 8.23. The second kappa shape index (κ2) is 9.34. The van der Waals surface area contributed by atoms with Crippen molar-refractivity contribution in [3.05, 3.63) is 95.1 Å². The van der Waals surface area contributed by atoms with Crippen LogP contribution in [0.2, 0.25) is 0 Å². The number of aromatic amines is 1. The number of fused-ring (bicyclic) bond motifs is 1. The first-order chi connectivity index (χ1) is 17.4. The number of aryl methyl sites for hydroxylation is 2. The Morgan fingerprint density at radius 2 is 1.92 bits per heavy atom. The number of carbonyl (C=O) groups is 3. The van der Waals surface area contributed by atoms with Crippen LogP contribution < -0.4 is 16.0 Å². The average Bonchev–Trinajstić information content (AvgIpc) is 3.60. The van der Waals surface area contributed by atoms with Crippen molar-refractivity contribution in [3.8, 4) is 0 Å². The summed E-state index contributed by atoms with van der Waals surface area (Å²) in [6.07, 6.45) is 3.22. The number of hydrogen-bond acceptors (Lipinski definition) is 6. The van der Waals surface area contributed by atoms with E-state index in [2.05, 4.69) is 31.2 Å². The summed E-state index contributed by atoms with van der Waals surface area (Å²) in [5.74, 6) is -0.249. The van der Waals surface area contributed by atoms with Gasteiger partial charge >= 0.3 is 0 Å². The maximum Gasteiger partial charge on any atom is 0.273 e. The van der Waals surface area contributed by atoms with E-state index >= 15 is 0 Å². The van der Waals surface area contributed by atoms with Gasteiger partial charge in [0.25, 0.3) is 11.8 Å². The summed E-state index contributed by atoms with van der Waals surface area (Å²) >= 11 is 0. The summed E-state index contributed by atoms with van der Waals surface area (Å²) < 4.78 is 1.63. The Labute approximate surface area is 206 Å². The molecule has 3 heterocycles. The molecule has 0 saturated heterocycles. The van der Waals surface area contributed by atoms with Crippen molar-refractivity contribution in [2.75, 3.05) is 16.0 Å². The topological polar surface area (TPSA) is 134 Å². The third-order valence-corrected chi connectivity index (χ3v) is 5.75. The molecule has 2 aromatic heterocycles. The van der Waals surface area contributed by atoms with E-state index in [1.165, 1.54) is 0 Å². The van der Waals surface area contributed by atoms with Crippen LogP contribution in [0.3, 0.4) is 0 Å². The Bertz CT molecular complexity index is 1520. The number of hydrogen-bond donors (Lipinski definition) is 4. The Kier molecular flexibility index (Phi) is 5.91. The monoisotopic (exact) mass is 481 g/mol. The minimum atomic E-state index is -0.302. The molecule has 1 aliphatic heterocycles. The van der Waals surface area contributed by atoms with Crippen molar-refractivity contribution in [2.45, 2.75) is 20.4 Å². The van der Waals surface area contributed by atoms with Crippen molar-refractivity contribution >= 4 is 40.4 Å². The lowest BCUT2D eigenvalue weighted by Gasteiger charge is -2.09. The van der Waals surface area contributed by atoms with E-state index in [9.17, 15) is 14.4 Å². The Morgan fingerprint density at radius 1 is 1.08 bits per heavy atom. The van der Waals surface area contributed by atoms with Gasteiger partial charge in [0.1, 0.15) is 5.69 Å². The number of carbonyl (C=O) groups excluding carboxylic acids is 3. The first-order valence-corrected chi connectivity index (χ1v) is 11.4. The molecule has 2 amide bonds. The SMILES string of the molecule is CCn1nc(C)cc1C(=O)Nc1cccc(C(=O)c2ccc3c(c2)/C(=C/Nc2cc[nH]n2)C(=O)N3)c1. The van der Waals surface area contributed by atoms with Crippen molar-refractivity contribution in [2.24, 2.45) is 0 Å². The van der Waals surface area contributed by atoms with Crippen molar-refractivity contribution < 1.29 is 14.4 Å². The van der Waals surface area contributed by atoms with E-state index < -0.39 is 0 Å². The molecule has 0 radical (unpaired) electrons. The van der Waals surface area contributed by atoms with E-state index in [4.69, 9.17) is 0 Å². The number of nitrogens with zero attached hydrogens (tertiary/aromatic N) is 3. The van der Waals surface area contributed by atoms with Crippen LogP contribution >= 0.6 is 0 Å².